The number of nitrogens with zero attached hydrogens (tertiary/aromatic N) is 2. The molecule has 1 heterocycles. The summed E-state index contributed by atoms with van der Waals surface area (Å²) in [5.74, 6) is 0.312. The number of carbonyl (C=O) groups is 1. The molecule has 7 heteroatoms. The maximum atomic E-state index is 12.7. The average Bonchev–Trinajstić information content (AvgIpc) is 2.76. The molecule has 1 aliphatic rings. The van der Waals surface area contributed by atoms with E-state index in [-0.39, 0.29) is 11.7 Å². The highest BCUT2D eigenvalue weighted by molar-refractivity contribution is 7.88. The van der Waals surface area contributed by atoms with Crippen molar-refractivity contribution in [3.05, 3.63) is 71.8 Å². The quantitative estimate of drug-likeness (QED) is 0.665. The molecule has 1 N–H and O–H groups in total. The maximum Gasteiger partial charge on any atom is 0.234 e. The number of hydrogen-bond donors (Lipinski definition) is 1. The van der Waals surface area contributed by atoms with Gasteiger partial charge in [-0.2, -0.15) is 4.31 Å². The molecule has 0 spiro atoms. The Kier molecular flexibility index (Phi) is 8.01. The summed E-state index contributed by atoms with van der Waals surface area (Å²) >= 11 is 0. The Morgan fingerprint density at radius 1 is 0.967 bits per heavy atom. The first-order chi connectivity index (χ1) is 14.5. The van der Waals surface area contributed by atoms with Gasteiger partial charge in [-0.05, 0) is 17.5 Å². The zero-order valence-corrected chi connectivity index (χ0v) is 18.4. The monoisotopic (exact) mass is 429 g/mol. The van der Waals surface area contributed by atoms with E-state index in [9.17, 15) is 13.2 Å². The molecular formula is C23H31N3O3S. The van der Waals surface area contributed by atoms with Crippen LogP contribution < -0.4 is 5.32 Å². The minimum atomic E-state index is -3.34. The third-order valence-corrected chi connectivity index (χ3v) is 7.44. The highest BCUT2D eigenvalue weighted by Crippen LogP contribution is 2.18. The Balaban J connectivity index is 1.43. The summed E-state index contributed by atoms with van der Waals surface area (Å²) in [7, 11) is -3.34. The number of carbonyl (C=O) groups excluding carboxylic acids is 1. The van der Waals surface area contributed by atoms with Crippen molar-refractivity contribution >= 4 is 15.9 Å². The number of benzene rings is 2. The van der Waals surface area contributed by atoms with Crippen molar-refractivity contribution in [2.24, 2.45) is 0 Å². The van der Waals surface area contributed by atoms with Gasteiger partial charge in [-0.1, -0.05) is 67.6 Å². The summed E-state index contributed by atoms with van der Waals surface area (Å²) in [6.07, 6.45) is 0.961. The van der Waals surface area contributed by atoms with E-state index in [0.717, 1.165) is 12.0 Å². The van der Waals surface area contributed by atoms with Crippen LogP contribution in [0.4, 0.5) is 0 Å². The van der Waals surface area contributed by atoms with Gasteiger partial charge in [0.15, 0.2) is 0 Å². The predicted molar refractivity (Wildman–Crippen MR) is 120 cm³/mol. The third-order valence-electron chi connectivity index (χ3n) is 5.59. The van der Waals surface area contributed by atoms with Gasteiger partial charge in [-0.25, -0.2) is 8.42 Å². The number of rotatable bonds is 9. The topological polar surface area (TPSA) is 69.7 Å². The van der Waals surface area contributed by atoms with Gasteiger partial charge < -0.3 is 5.32 Å². The van der Waals surface area contributed by atoms with Crippen LogP contribution in [0.5, 0.6) is 0 Å². The van der Waals surface area contributed by atoms with Crippen molar-refractivity contribution in [1.82, 2.24) is 14.5 Å². The van der Waals surface area contributed by atoms with Gasteiger partial charge in [0.05, 0.1) is 12.3 Å². The van der Waals surface area contributed by atoms with Gasteiger partial charge in [-0.15, -0.1) is 0 Å². The number of piperazine rings is 1. The minimum Gasteiger partial charge on any atom is -0.354 e. The molecule has 1 atom stereocenters. The lowest BCUT2D eigenvalue weighted by atomic mass is 9.96. The van der Waals surface area contributed by atoms with E-state index in [1.54, 1.807) is 0 Å². The fourth-order valence-corrected chi connectivity index (χ4v) is 5.28. The number of sulfonamides is 1. The molecule has 162 valence electrons. The molecule has 1 amide bonds. The lowest BCUT2D eigenvalue weighted by Gasteiger charge is -2.33. The molecule has 0 aromatic heterocycles. The summed E-state index contributed by atoms with van der Waals surface area (Å²) in [5.41, 5.74) is 2.03. The van der Waals surface area contributed by atoms with Gasteiger partial charge in [0, 0.05) is 38.6 Å². The normalized spacial score (nSPS) is 16.8. The summed E-state index contributed by atoms with van der Waals surface area (Å²) < 4.78 is 26.9. The first kappa shape index (κ1) is 22.5. The summed E-state index contributed by atoms with van der Waals surface area (Å²) in [6.45, 7) is 5.02. The van der Waals surface area contributed by atoms with E-state index in [0.29, 0.717) is 45.2 Å². The molecule has 3 rings (SSSR count). The van der Waals surface area contributed by atoms with E-state index < -0.39 is 10.0 Å². The summed E-state index contributed by atoms with van der Waals surface area (Å²) in [6, 6.07) is 19.5. The van der Waals surface area contributed by atoms with Gasteiger partial charge in [0.1, 0.15) is 0 Å². The van der Waals surface area contributed by atoms with Crippen molar-refractivity contribution < 1.29 is 13.2 Å². The van der Waals surface area contributed by atoms with Gasteiger partial charge in [0.25, 0.3) is 0 Å². The molecule has 0 bridgehead atoms. The first-order valence-corrected chi connectivity index (χ1v) is 12.1. The fraction of sp³-hybridized carbons (Fsp3) is 0.435. The number of hydrogen-bond acceptors (Lipinski definition) is 4. The van der Waals surface area contributed by atoms with E-state index in [4.69, 9.17) is 0 Å². The van der Waals surface area contributed by atoms with Crippen LogP contribution in [-0.2, 0) is 20.6 Å². The smallest absolute Gasteiger partial charge is 0.234 e. The Morgan fingerprint density at radius 2 is 1.57 bits per heavy atom. The molecule has 2 aromatic carbocycles. The van der Waals surface area contributed by atoms with Crippen LogP contribution in [0.1, 0.15) is 30.4 Å². The highest BCUT2D eigenvalue weighted by atomic mass is 32.2. The van der Waals surface area contributed by atoms with Crippen LogP contribution in [0.15, 0.2) is 60.7 Å². The van der Waals surface area contributed by atoms with Crippen molar-refractivity contribution in [2.45, 2.75) is 25.0 Å². The average molecular weight is 430 g/mol. The highest BCUT2D eigenvalue weighted by Gasteiger charge is 2.27. The largest absolute Gasteiger partial charge is 0.354 e. The van der Waals surface area contributed by atoms with Crippen LogP contribution >= 0.6 is 0 Å². The van der Waals surface area contributed by atoms with E-state index in [2.05, 4.69) is 24.4 Å². The Morgan fingerprint density at radius 3 is 2.17 bits per heavy atom. The molecule has 1 saturated heterocycles. The van der Waals surface area contributed by atoms with Crippen molar-refractivity contribution in [2.75, 3.05) is 39.3 Å². The SMILES string of the molecule is CC[C@H](CNC(=O)CN1CCN(S(=O)(=O)Cc2ccccc2)CC1)c1ccccc1. The van der Waals surface area contributed by atoms with Crippen molar-refractivity contribution in [1.29, 1.82) is 0 Å². The molecule has 1 aliphatic heterocycles. The van der Waals surface area contributed by atoms with Crippen molar-refractivity contribution in [3.63, 3.8) is 0 Å². The lowest BCUT2D eigenvalue weighted by molar-refractivity contribution is -0.122. The minimum absolute atomic E-state index is 0.00928. The number of nitrogens with one attached hydrogen (secondary N) is 1. The second kappa shape index (κ2) is 10.7. The third kappa shape index (κ3) is 6.39. The molecular weight excluding hydrogens is 398 g/mol. The van der Waals surface area contributed by atoms with Crippen LogP contribution in [0, 0.1) is 0 Å². The van der Waals surface area contributed by atoms with Gasteiger partial charge in [-0.3, -0.25) is 9.69 Å². The lowest BCUT2D eigenvalue weighted by Crippen LogP contribution is -2.51. The molecule has 6 nitrogen and oxygen atoms in total. The molecule has 30 heavy (non-hydrogen) atoms. The van der Waals surface area contributed by atoms with E-state index >= 15 is 0 Å². The first-order valence-electron chi connectivity index (χ1n) is 10.5. The van der Waals surface area contributed by atoms with Gasteiger partial charge in [0.2, 0.25) is 15.9 Å². The Hall–Kier alpha value is -2.22. The fourth-order valence-electron chi connectivity index (χ4n) is 3.76. The Bertz CT molecular complexity index is 896. The van der Waals surface area contributed by atoms with Crippen LogP contribution in [0.25, 0.3) is 0 Å². The zero-order valence-electron chi connectivity index (χ0n) is 17.5. The van der Waals surface area contributed by atoms with Crippen LogP contribution in [0.3, 0.4) is 0 Å². The molecule has 1 fully saturated rings. The molecule has 0 radical (unpaired) electrons. The standard InChI is InChI=1S/C23H31N3O3S/c1-2-21(22-11-7-4-8-12-22)17-24-23(27)18-25-13-15-26(16-14-25)30(28,29)19-20-9-5-3-6-10-20/h3-12,21H,2,13-19H2,1H3,(H,24,27)/t21-/m1/s1. The van der Waals surface area contributed by atoms with Crippen LogP contribution in [-0.4, -0.2) is 62.8 Å². The van der Waals surface area contributed by atoms with E-state index in [1.165, 1.54) is 9.87 Å². The number of amides is 1. The summed E-state index contributed by atoms with van der Waals surface area (Å²) in [5, 5.41) is 3.04. The zero-order chi connectivity index (χ0) is 21.4. The van der Waals surface area contributed by atoms with Crippen molar-refractivity contribution in [3.8, 4) is 0 Å². The second-order valence-corrected chi connectivity index (χ2v) is 9.71. The van der Waals surface area contributed by atoms with E-state index in [1.807, 2.05) is 53.4 Å². The molecule has 0 saturated carbocycles. The maximum absolute atomic E-state index is 12.7. The second-order valence-electron chi connectivity index (χ2n) is 7.74. The predicted octanol–water partition coefficient (Wildman–Crippen LogP) is 2.44. The molecule has 2 aromatic rings. The van der Waals surface area contributed by atoms with Crippen LogP contribution in [0.2, 0.25) is 0 Å². The Labute approximate surface area is 179 Å². The summed E-state index contributed by atoms with van der Waals surface area (Å²) in [4.78, 5) is 14.4. The van der Waals surface area contributed by atoms with Gasteiger partial charge >= 0.3 is 0 Å². The molecule has 0 aliphatic carbocycles. The molecule has 0 unspecified atom stereocenters.